The van der Waals surface area contributed by atoms with Crippen molar-refractivity contribution in [3.8, 4) is 0 Å². The van der Waals surface area contributed by atoms with E-state index in [1.807, 2.05) is 18.2 Å². The van der Waals surface area contributed by atoms with Gasteiger partial charge in [-0.1, -0.05) is 31.5 Å². The van der Waals surface area contributed by atoms with E-state index in [2.05, 4.69) is 28.6 Å². The molecule has 0 amide bonds. The molecule has 4 heteroatoms. The summed E-state index contributed by atoms with van der Waals surface area (Å²) in [5.41, 5.74) is 2.60. The van der Waals surface area contributed by atoms with Crippen LogP contribution in [-0.2, 0) is 11.3 Å². The van der Waals surface area contributed by atoms with Crippen LogP contribution in [0.4, 0.5) is 0 Å². The number of esters is 1. The van der Waals surface area contributed by atoms with Crippen LogP contribution in [0.25, 0.3) is 21.8 Å². The first kappa shape index (κ1) is 13.6. The molecule has 2 aromatic heterocycles. The normalized spacial score (nSPS) is 11.1. The predicted octanol–water partition coefficient (Wildman–Crippen LogP) is 3.78. The molecule has 0 fully saturated rings. The lowest BCUT2D eigenvalue weighted by Gasteiger charge is -2.06. The molecular formula is C17H18N2O2. The van der Waals surface area contributed by atoms with Gasteiger partial charge in [0, 0.05) is 22.8 Å². The number of benzene rings is 1. The lowest BCUT2D eigenvalue weighted by molar-refractivity contribution is 0.0594. The number of fused-ring (bicyclic) bond motifs is 3. The lowest BCUT2D eigenvalue weighted by Crippen LogP contribution is -2.04. The van der Waals surface area contributed by atoms with Gasteiger partial charge in [-0.15, -0.1) is 0 Å². The fourth-order valence-corrected chi connectivity index (χ4v) is 2.72. The van der Waals surface area contributed by atoms with Gasteiger partial charge in [0.05, 0.1) is 18.8 Å². The van der Waals surface area contributed by atoms with Gasteiger partial charge in [0.2, 0.25) is 0 Å². The van der Waals surface area contributed by atoms with Crippen LogP contribution in [0.2, 0.25) is 0 Å². The van der Waals surface area contributed by atoms with Gasteiger partial charge in [0.1, 0.15) is 5.69 Å². The number of unbranched alkanes of at least 4 members (excludes halogenated alkanes) is 1. The minimum absolute atomic E-state index is 0.350. The number of pyridine rings is 1. The number of nitrogens with zero attached hydrogens (tertiary/aromatic N) is 2. The van der Waals surface area contributed by atoms with Crippen LogP contribution in [0, 0.1) is 0 Å². The van der Waals surface area contributed by atoms with Gasteiger partial charge >= 0.3 is 5.97 Å². The first-order valence-electron chi connectivity index (χ1n) is 7.21. The highest BCUT2D eigenvalue weighted by Crippen LogP contribution is 2.29. The quantitative estimate of drug-likeness (QED) is 0.684. The van der Waals surface area contributed by atoms with Crippen LogP contribution in [0.15, 0.2) is 36.5 Å². The molecule has 4 nitrogen and oxygen atoms in total. The molecular weight excluding hydrogens is 264 g/mol. The Morgan fingerprint density at radius 1 is 1.24 bits per heavy atom. The Balaban J connectivity index is 2.27. The Bertz CT molecular complexity index is 805. The molecule has 0 spiro atoms. The summed E-state index contributed by atoms with van der Waals surface area (Å²) in [4.78, 5) is 15.9. The summed E-state index contributed by atoms with van der Waals surface area (Å²) in [5, 5.41) is 2.20. The average Bonchev–Trinajstić information content (AvgIpc) is 2.85. The number of aromatic nitrogens is 2. The van der Waals surface area contributed by atoms with E-state index in [0.717, 1.165) is 35.7 Å². The summed E-state index contributed by atoms with van der Waals surface area (Å²) in [6.07, 6.45) is 4.03. The number of aryl methyl sites for hydroxylation is 1. The van der Waals surface area contributed by atoms with E-state index in [9.17, 15) is 4.79 Å². The molecule has 0 unspecified atom stereocenters. The van der Waals surface area contributed by atoms with Crippen molar-refractivity contribution in [1.29, 1.82) is 0 Å². The smallest absolute Gasteiger partial charge is 0.356 e. The molecule has 0 aliphatic heterocycles. The van der Waals surface area contributed by atoms with E-state index in [0.29, 0.717) is 5.69 Å². The molecule has 0 atom stereocenters. The Hall–Kier alpha value is -2.36. The van der Waals surface area contributed by atoms with Crippen molar-refractivity contribution in [2.45, 2.75) is 26.3 Å². The first-order chi connectivity index (χ1) is 10.3. The third kappa shape index (κ3) is 2.27. The van der Waals surface area contributed by atoms with Crippen LogP contribution in [0.3, 0.4) is 0 Å². The maximum Gasteiger partial charge on any atom is 0.356 e. The molecule has 0 N–H and O–H groups in total. The average molecular weight is 282 g/mol. The zero-order valence-electron chi connectivity index (χ0n) is 12.3. The van der Waals surface area contributed by atoms with Gasteiger partial charge in [-0.3, -0.25) is 0 Å². The van der Waals surface area contributed by atoms with E-state index >= 15 is 0 Å². The summed E-state index contributed by atoms with van der Waals surface area (Å²) in [6, 6.07) is 10.1. The molecule has 0 saturated carbocycles. The van der Waals surface area contributed by atoms with Crippen molar-refractivity contribution < 1.29 is 9.53 Å². The first-order valence-corrected chi connectivity index (χ1v) is 7.21. The number of hydrogen-bond acceptors (Lipinski definition) is 3. The fraction of sp³-hybridized carbons (Fsp3) is 0.294. The van der Waals surface area contributed by atoms with E-state index in [-0.39, 0.29) is 0 Å². The summed E-state index contributed by atoms with van der Waals surface area (Å²) < 4.78 is 7.04. The largest absolute Gasteiger partial charge is 0.464 e. The number of rotatable bonds is 4. The van der Waals surface area contributed by atoms with Gasteiger partial charge in [0.15, 0.2) is 0 Å². The molecule has 21 heavy (non-hydrogen) atoms. The van der Waals surface area contributed by atoms with E-state index in [1.165, 1.54) is 12.6 Å². The van der Waals surface area contributed by atoms with Crippen molar-refractivity contribution in [2.24, 2.45) is 0 Å². The molecule has 3 aromatic rings. The summed E-state index contributed by atoms with van der Waals surface area (Å²) in [7, 11) is 1.37. The second kappa shape index (κ2) is 5.56. The summed E-state index contributed by atoms with van der Waals surface area (Å²) in [5.74, 6) is -0.401. The maximum absolute atomic E-state index is 11.7. The van der Waals surface area contributed by atoms with Crippen LogP contribution in [0.1, 0.15) is 30.3 Å². The summed E-state index contributed by atoms with van der Waals surface area (Å²) in [6.45, 7) is 3.14. The molecule has 3 rings (SSSR count). The molecule has 2 heterocycles. The number of ether oxygens (including phenoxy) is 1. The topological polar surface area (TPSA) is 44.1 Å². The predicted molar refractivity (Wildman–Crippen MR) is 83.5 cm³/mol. The number of carbonyl (C=O) groups is 1. The lowest BCUT2D eigenvalue weighted by atomic mass is 10.1. The third-order valence-electron chi connectivity index (χ3n) is 3.79. The number of hydrogen-bond donors (Lipinski definition) is 0. The van der Waals surface area contributed by atoms with Gasteiger partial charge < -0.3 is 9.30 Å². The monoisotopic (exact) mass is 282 g/mol. The van der Waals surface area contributed by atoms with Crippen LogP contribution >= 0.6 is 0 Å². The van der Waals surface area contributed by atoms with Gasteiger partial charge in [-0.2, -0.15) is 0 Å². The zero-order chi connectivity index (χ0) is 14.8. The van der Waals surface area contributed by atoms with Crippen LogP contribution in [0.5, 0.6) is 0 Å². The van der Waals surface area contributed by atoms with Crippen molar-refractivity contribution in [3.05, 3.63) is 42.2 Å². The van der Waals surface area contributed by atoms with Gasteiger partial charge in [-0.05, 0) is 18.6 Å². The fourth-order valence-electron chi connectivity index (χ4n) is 2.72. The highest BCUT2D eigenvalue weighted by Gasteiger charge is 2.14. The molecule has 0 aliphatic carbocycles. The second-order valence-corrected chi connectivity index (χ2v) is 5.10. The summed E-state index contributed by atoms with van der Waals surface area (Å²) >= 11 is 0. The Morgan fingerprint density at radius 3 is 2.81 bits per heavy atom. The minimum Gasteiger partial charge on any atom is -0.464 e. The minimum atomic E-state index is -0.401. The second-order valence-electron chi connectivity index (χ2n) is 5.10. The zero-order valence-corrected chi connectivity index (χ0v) is 12.3. The van der Waals surface area contributed by atoms with Crippen LogP contribution in [-0.4, -0.2) is 22.6 Å². The van der Waals surface area contributed by atoms with Crippen molar-refractivity contribution in [3.63, 3.8) is 0 Å². The highest BCUT2D eigenvalue weighted by molar-refractivity contribution is 6.09. The Morgan fingerprint density at radius 2 is 2.05 bits per heavy atom. The third-order valence-corrected chi connectivity index (χ3v) is 3.79. The molecule has 1 aromatic carbocycles. The maximum atomic E-state index is 11.7. The Labute approximate surface area is 123 Å². The van der Waals surface area contributed by atoms with E-state index in [4.69, 9.17) is 4.74 Å². The standard InChI is InChI=1S/C17H18N2O2/c1-3-4-9-19-15-8-6-5-7-12(15)13-10-14(17(20)21-2)18-11-16(13)19/h5-8,10-11H,3-4,9H2,1-2H3. The van der Waals surface area contributed by atoms with Crippen molar-refractivity contribution >= 4 is 27.8 Å². The van der Waals surface area contributed by atoms with Crippen molar-refractivity contribution in [1.82, 2.24) is 9.55 Å². The highest BCUT2D eigenvalue weighted by atomic mass is 16.5. The SMILES string of the molecule is CCCCn1c2ccccc2c2cc(C(=O)OC)ncc21. The molecule has 0 radical (unpaired) electrons. The van der Waals surface area contributed by atoms with E-state index in [1.54, 1.807) is 6.20 Å². The number of carbonyl (C=O) groups excluding carboxylic acids is 1. The number of para-hydroxylation sites is 1. The molecule has 0 saturated heterocycles. The number of methoxy groups -OCH3 is 1. The van der Waals surface area contributed by atoms with Gasteiger partial charge in [-0.25, -0.2) is 9.78 Å². The van der Waals surface area contributed by atoms with Crippen LogP contribution < -0.4 is 0 Å². The molecule has 0 aliphatic rings. The van der Waals surface area contributed by atoms with E-state index < -0.39 is 5.97 Å². The Kier molecular flexibility index (Phi) is 3.60. The molecule has 108 valence electrons. The van der Waals surface area contributed by atoms with Crippen molar-refractivity contribution in [2.75, 3.05) is 7.11 Å². The van der Waals surface area contributed by atoms with Gasteiger partial charge in [0.25, 0.3) is 0 Å². The molecule has 0 bridgehead atoms.